The summed E-state index contributed by atoms with van der Waals surface area (Å²) in [5.41, 5.74) is 1.38. The second-order valence-corrected chi connectivity index (χ2v) is 6.51. The molecule has 0 heterocycles. The van der Waals surface area contributed by atoms with Crippen molar-refractivity contribution in [1.29, 1.82) is 0 Å². The number of ether oxygens (including phenoxy) is 2. The average molecular weight is 422 g/mol. The molecule has 158 valence electrons. The maximum absolute atomic E-state index is 13.2. The quantitative estimate of drug-likeness (QED) is 0.123. The summed E-state index contributed by atoms with van der Waals surface area (Å²) in [5, 5.41) is 8.27. The summed E-state index contributed by atoms with van der Waals surface area (Å²) in [6.45, 7) is 4.29. The smallest absolute Gasteiger partial charge is 0.343 e. The molecule has 0 saturated carbocycles. The van der Waals surface area contributed by atoms with E-state index in [-0.39, 0.29) is 11.3 Å². The summed E-state index contributed by atoms with van der Waals surface area (Å²) in [4.78, 5) is 12.1. The van der Waals surface area contributed by atoms with Crippen molar-refractivity contribution < 1.29 is 23.0 Å². The number of allylic oxidation sites excluding steroid dienone is 1. The predicted octanol–water partition coefficient (Wildman–Crippen LogP) is 6.94. The van der Waals surface area contributed by atoms with Gasteiger partial charge >= 0.3 is 5.97 Å². The monoisotopic (exact) mass is 422 g/mol. The first-order chi connectivity index (χ1) is 15.0. The van der Waals surface area contributed by atoms with Gasteiger partial charge < -0.3 is 9.47 Å². The first-order valence-electron chi connectivity index (χ1n) is 9.57. The van der Waals surface area contributed by atoms with Gasteiger partial charge in [-0.25, -0.2) is 13.6 Å². The van der Waals surface area contributed by atoms with Gasteiger partial charge in [-0.1, -0.05) is 6.08 Å². The van der Waals surface area contributed by atoms with Gasteiger partial charge in [0.25, 0.3) is 0 Å². The molecule has 0 aliphatic carbocycles. The number of carbonyl (C=O) groups excluding carboxylic acids is 1. The van der Waals surface area contributed by atoms with Crippen molar-refractivity contribution in [2.75, 3.05) is 6.61 Å². The Morgan fingerprint density at radius 2 is 1.45 bits per heavy atom. The fraction of sp³-hybridized carbons (Fsp3) is 0.125. The van der Waals surface area contributed by atoms with Crippen molar-refractivity contribution in [1.82, 2.24) is 0 Å². The zero-order valence-electron chi connectivity index (χ0n) is 16.6. The third kappa shape index (κ3) is 6.85. The van der Waals surface area contributed by atoms with Crippen LogP contribution in [0.4, 0.5) is 20.2 Å². The van der Waals surface area contributed by atoms with Crippen LogP contribution in [0.1, 0.15) is 23.2 Å². The Labute approximate surface area is 178 Å². The molecular formula is C24H20F2N2O3. The highest BCUT2D eigenvalue weighted by Gasteiger charge is 2.10. The molecule has 0 amide bonds. The van der Waals surface area contributed by atoms with Gasteiger partial charge in [-0.3, -0.25) is 0 Å². The zero-order valence-corrected chi connectivity index (χ0v) is 16.6. The van der Waals surface area contributed by atoms with Gasteiger partial charge in [-0.05, 0) is 61.4 Å². The van der Waals surface area contributed by atoms with Crippen molar-refractivity contribution in [2.24, 2.45) is 10.2 Å². The fourth-order valence-corrected chi connectivity index (χ4v) is 2.56. The molecule has 0 aliphatic heterocycles. The highest BCUT2D eigenvalue weighted by atomic mass is 19.1. The summed E-state index contributed by atoms with van der Waals surface area (Å²) in [6.07, 6.45) is 3.67. The van der Waals surface area contributed by atoms with Crippen molar-refractivity contribution in [3.8, 4) is 11.5 Å². The lowest BCUT2D eigenvalue weighted by Crippen LogP contribution is -2.08. The number of benzene rings is 3. The molecule has 31 heavy (non-hydrogen) atoms. The molecule has 3 rings (SSSR count). The highest BCUT2D eigenvalue weighted by Crippen LogP contribution is 2.22. The third-order valence-electron chi connectivity index (χ3n) is 4.09. The molecule has 0 bridgehead atoms. The summed E-state index contributed by atoms with van der Waals surface area (Å²) in [5.74, 6) is -1.85. The molecule has 0 unspecified atom stereocenters. The first-order valence-corrected chi connectivity index (χ1v) is 9.57. The van der Waals surface area contributed by atoms with E-state index in [1.807, 2.05) is 18.2 Å². The number of rotatable bonds is 9. The van der Waals surface area contributed by atoms with Gasteiger partial charge in [-0.15, -0.1) is 6.58 Å². The zero-order chi connectivity index (χ0) is 22.1. The summed E-state index contributed by atoms with van der Waals surface area (Å²) in [7, 11) is 0. The van der Waals surface area contributed by atoms with Crippen LogP contribution in [0, 0.1) is 11.6 Å². The molecule has 0 spiro atoms. The number of esters is 1. The minimum Gasteiger partial charge on any atom is -0.494 e. The molecule has 3 aromatic rings. The van der Waals surface area contributed by atoms with Crippen LogP contribution in [-0.2, 0) is 0 Å². The third-order valence-corrected chi connectivity index (χ3v) is 4.09. The fourth-order valence-electron chi connectivity index (χ4n) is 2.56. The molecule has 0 N–H and O–H groups in total. The average Bonchev–Trinajstić information content (AvgIpc) is 2.76. The summed E-state index contributed by atoms with van der Waals surface area (Å²) >= 11 is 0. The van der Waals surface area contributed by atoms with Gasteiger partial charge in [0, 0.05) is 18.2 Å². The van der Waals surface area contributed by atoms with Crippen LogP contribution in [0.25, 0.3) is 0 Å². The topological polar surface area (TPSA) is 60.2 Å². The maximum atomic E-state index is 13.2. The number of hydrogen-bond acceptors (Lipinski definition) is 5. The summed E-state index contributed by atoms with van der Waals surface area (Å²) in [6, 6.07) is 15.9. The number of nitrogens with zero attached hydrogens (tertiary/aromatic N) is 2. The van der Waals surface area contributed by atoms with Crippen LogP contribution >= 0.6 is 0 Å². The van der Waals surface area contributed by atoms with E-state index in [9.17, 15) is 13.6 Å². The van der Waals surface area contributed by atoms with Crippen LogP contribution in [0.2, 0.25) is 0 Å². The predicted molar refractivity (Wildman–Crippen MR) is 113 cm³/mol. The first kappa shape index (κ1) is 21.8. The normalized spacial score (nSPS) is 10.8. The Balaban J connectivity index is 1.56. The Hall–Kier alpha value is -3.87. The molecule has 7 heteroatoms. The van der Waals surface area contributed by atoms with Gasteiger partial charge in [0.1, 0.15) is 23.1 Å². The van der Waals surface area contributed by atoms with Gasteiger partial charge in [0.05, 0.1) is 23.5 Å². The van der Waals surface area contributed by atoms with Crippen molar-refractivity contribution >= 4 is 17.3 Å². The Kier molecular flexibility index (Phi) is 7.59. The SMILES string of the molecule is C=CCCCOc1ccc(N=Nc2ccc(C(=O)Oc3cc(F)cc(F)c3)cc2)cc1. The summed E-state index contributed by atoms with van der Waals surface area (Å²) < 4.78 is 37.0. The molecule has 0 saturated heterocycles. The van der Waals surface area contributed by atoms with E-state index in [1.54, 1.807) is 24.3 Å². The van der Waals surface area contributed by atoms with E-state index < -0.39 is 17.6 Å². The largest absolute Gasteiger partial charge is 0.494 e. The van der Waals surface area contributed by atoms with Gasteiger partial charge in [-0.2, -0.15) is 10.2 Å². The molecule has 0 fully saturated rings. The minimum atomic E-state index is -0.828. The molecule has 0 atom stereocenters. The van der Waals surface area contributed by atoms with Crippen LogP contribution in [0.5, 0.6) is 11.5 Å². The van der Waals surface area contributed by atoms with E-state index >= 15 is 0 Å². The number of unbranched alkanes of at least 4 members (excludes halogenated alkanes) is 1. The molecule has 0 aliphatic rings. The Morgan fingerprint density at radius 1 is 0.871 bits per heavy atom. The van der Waals surface area contributed by atoms with Crippen LogP contribution < -0.4 is 9.47 Å². The van der Waals surface area contributed by atoms with Crippen molar-refractivity contribution in [3.05, 3.63) is 96.6 Å². The molecule has 3 aromatic carbocycles. The standard InChI is InChI=1S/C24H20F2N2O3/c1-2-3-4-13-30-22-11-9-21(10-12-22)28-27-20-7-5-17(6-8-20)24(29)31-23-15-18(25)14-19(26)16-23/h2,5-12,14-16H,1,3-4,13H2. The molecule has 0 aromatic heterocycles. The highest BCUT2D eigenvalue weighted by molar-refractivity contribution is 5.91. The van der Waals surface area contributed by atoms with Gasteiger partial charge in [0.15, 0.2) is 0 Å². The van der Waals surface area contributed by atoms with Crippen molar-refractivity contribution in [3.63, 3.8) is 0 Å². The number of carbonyl (C=O) groups is 1. The Morgan fingerprint density at radius 3 is 2.03 bits per heavy atom. The van der Waals surface area contributed by atoms with Crippen LogP contribution in [0.3, 0.4) is 0 Å². The van der Waals surface area contributed by atoms with Crippen LogP contribution in [0.15, 0.2) is 89.6 Å². The lowest BCUT2D eigenvalue weighted by molar-refractivity contribution is 0.0734. The number of halogens is 2. The van der Waals surface area contributed by atoms with Gasteiger partial charge in [0.2, 0.25) is 0 Å². The second kappa shape index (κ2) is 10.8. The molecule has 0 radical (unpaired) electrons. The Bertz CT molecular complexity index is 1040. The van der Waals surface area contributed by atoms with E-state index in [1.165, 1.54) is 12.1 Å². The van der Waals surface area contributed by atoms with E-state index in [2.05, 4.69) is 16.8 Å². The minimum absolute atomic E-state index is 0.209. The molecular weight excluding hydrogens is 402 g/mol. The van der Waals surface area contributed by atoms with E-state index in [0.29, 0.717) is 24.0 Å². The van der Waals surface area contributed by atoms with Crippen molar-refractivity contribution in [2.45, 2.75) is 12.8 Å². The number of hydrogen-bond donors (Lipinski definition) is 0. The molecule has 5 nitrogen and oxygen atoms in total. The second-order valence-electron chi connectivity index (χ2n) is 6.51. The maximum Gasteiger partial charge on any atom is 0.343 e. The number of azo groups is 1. The lowest BCUT2D eigenvalue weighted by Gasteiger charge is -2.05. The lowest BCUT2D eigenvalue weighted by atomic mass is 10.2. The van der Waals surface area contributed by atoms with Crippen LogP contribution in [-0.4, -0.2) is 12.6 Å². The van der Waals surface area contributed by atoms with E-state index in [4.69, 9.17) is 9.47 Å². The van der Waals surface area contributed by atoms with E-state index in [0.717, 1.165) is 30.7 Å².